The number of fused-ring (bicyclic) bond motifs is 1. The molecular formula is C15H18ClNO4. The van der Waals surface area contributed by atoms with Crippen LogP contribution in [0.4, 0.5) is 0 Å². The zero-order valence-corrected chi connectivity index (χ0v) is 13.2. The van der Waals surface area contributed by atoms with Gasteiger partial charge in [0.1, 0.15) is 16.9 Å². The first-order valence-corrected chi connectivity index (χ1v) is 6.99. The van der Waals surface area contributed by atoms with Gasteiger partial charge >= 0.3 is 5.97 Å². The number of nitrogens with zero attached hydrogens (tertiary/aromatic N) is 1. The topological polar surface area (TPSA) is 62.9 Å². The Kier molecular flexibility index (Phi) is 4.44. The van der Waals surface area contributed by atoms with Crippen molar-refractivity contribution in [1.82, 2.24) is 4.90 Å². The van der Waals surface area contributed by atoms with E-state index in [2.05, 4.69) is 0 Å². The molecule has 0 aliphatic heterocycles. The third-order valence-corrected chi connectivity index (χ3v) is 3.52. The first kappa shape index (κ1) is 15.7. The maximum absolute atomic E-state index is 12.1. The van der Waals surface area contributed by atoms with E-state index in [9.17, 15) is 9.90 Å². The maximum Gasteiger partial charge on any atom is 0.343 e. The molecule has 5 nitrogen and oxygen atoms in total. The van der Waals surface area contributed by atoms with Gasteiger partial charge in [-0.05, 0) is 50.7 Å². The molecule has 0 aliphatic rings. The number of phenols is 1. The Balaban J connectivity index is 2.77. The summed E-state index contributed by atoms with van der Waals surface area (Å²) in [6.45, 7) is 4.32. The molecule has 0 radical (unpaired) electrons. The van der Waals surface area contributed by atoms with Crippen molar-refractivity contribution < 1.29 is 19.1 Å². The number of phenolic OH excluding ortho intramolecular Hbond substituents is 1. The fourth-order valence-electron chi connectivity index (χ4n) is 2.30. The summed E-state index contributed by atoms with van der Waals surface area (Å²) in [5.74, 6) is -0.411. The van der Waals surface area contributed by atoms with Gasteiger partial charge in [-0.2, -0.15) is 0 Å². The number of hydrogen-bond donors (Lipinski definition) is 1. The molecular weight excluding hydrogens is 294 g/mol. The molecule has 0 unspecified atom stereocenters. The van der Waals surface area contributed by atoms with Gasteiger partial charge in [0.15, 0.2) is 0 Å². The summed E-state index contributed by atoms with van der Waals surface area (Å²) in [5, 5.41) is 10.6. The molecule has 1 heterocycles. The molecule has 0 aliphatic carbocycles. The molecule has 0 fully saturated rings. The van der Waals surface area contributed by atoms with E-state index < -0.39 is 5.97 Å². The van der Waals surface area contributed by atoms with Gasteiger partial charge in [-0.25, -0.2) is 4.79 Å². The van der Waals surface area contributed by atoms with Crippen LogP contribution >= 0.6 is 11.6 Å². The Morgan fingerprint density at radius 3 is 2.71 bits per heavy atom. The van der Waals surface area contributed by atoms with Gasteiger partial charge in [0.2, 0.25) is 5.22 Å². The minimum Gasteiger partial charge on any atom is -0.508 e. The van der Waals surface area contributed by atoms with Crippen LogP contribution in [0.25, 0.3) is 11.0 Å². The molecule has 114 valence electrons. The molecule has 2 rings (SSSR count). The molecule has 0 spiro atoms. The smallest absolute Gasteiger partial charge is 0.343 e. The zero-order valence-electron chi connectivity index (χ0n) is 12.5. The van der Waals surface area contributed by atoms with Gasteiger partial charge in [-0.15, -0.1) is 0 Å². The van der Waals surface area contributed by atoms with Gasteiger partial charge < -0.3 is 19.2 Å². The zero-order chi connectivity index (χ0) is 15.7. The van der Waals surface area contributed by atoms with E-state index in [4.69, 9.17) is 20.8 Å². The number of rotatable bonds is 4. The molecule has 2 aromatic rings. The van der Waals surface area contributed by atoms with Crippen molar-refractivity contribution in [2.75, 3.05) is 20.7 Å². The Labute approximate surface area is 128 Å². The summed E-state index contributed by atoms with van der Waals surface area (Å²) < 4.78 is 10.5. The van der Waals surface area contributed by atoms with Gasteiger partial charge in [-0.3, -0.25) is 0 Å². The van der Waals surface area contributed by atoms with Crippen LogP contribution in [0.15, 0.2) is 10.5 Å². The summed E-state index contributed by atoms with van der Waals surface area (Å²) in [7, 11) is 3.81. The van der Waals surface area contributed by atoms with Crippen LogP contribution in [0.2, 0.25) is 5.22 Å². The van der Waals surface area contributed by atoms with Crippen LogP contribution < -0.4 is 0 Å². The Morgan fingerprint density at radius 1 is 1.48 bits per heavy atom. The first-order chi connectivity index (χ1) is 9.86. The third kappa shape index (κ3) is 2.84. The predicted molar refractivity (Wildman–Crippen MR) is 81.0 cm³/mol. The number of hydrogen-bond acceptors (Lipinski definition) is 5. The van der Waals surface area contributed by atoms with Crippen LogP contribution in [0.5, 0.6) is 5.75 Å². The minimum atomic E-state index is -0.522. The molecule has 0 amide bonds. The highest BCUT2D eigenvalue weighted by Crippen LogP contribution is 2.38. The van der Waals surface area contributed by atoms with Crippen molar-refractivity contribution in [3.8, 4) is 5.75 Å². The lowest BCUT2D eigenvalue weighted by Gasteiger charge is -2.15. The molecule has 1 aromatic carbocycles. The second kappa shape index (κ2) is 5.95. The number of benzene rings is 1. The SMILES string of the molecule is CCOC(=O)c1c(Cl)oc2cc(O)c(C)c(CN(C)C)c12. The summed E-state index contributed by atoms with van der Waals surface area (Å²) in [6.07, 6.45) is 0. The standard InChI is InChI=1S/C15H18ClNO4/c1-5-20-15(19)13-12-9(7-17(3)4)8(2)10(18)6-11(12)21-14(13)16/h6,18H,5,7H2,1-4H3. The second-order valence-electron chi connectivity index (χ2n) is 5.08. The summed E-state index contributed by atoms with van der Waals surface area (Å²) in [5.41, 5.74) is 2.09. The third-order valence-electron chi connectivity index (χ3n) is 3.25. The summed E-state index contributed by atoms with van der Waals surface area (Å²) in [6, 6.07) is 1.47. The molecule has 1 aromatic heterocycles. The van der Waals surface area contributed by atoms with Gasteiger partial charge in [-0.1, -0.05) is 0 Å². The van der Waals surface area contributed by atoms with E-state index >= 15 is 0 Å². The van der Waals surface area contributed by atoms with E-state index in [1.165, 1.54) is 6.07 Å². The number of carbonyl (C=O) groups is 1. The van der Waals surface area contributed by atoms with Gasteiger partial charge in [0, 0.05) is 18.0 Å². The van der Waals surface area contributed by atoms with E-state index in [-0.39, 0.29) is 23.1 Å². The van der Waals surface area contributed by atoms with E-state index in [0.717, 1.165) is 5.56 Å². The van der Waals surface area contributed by atoms with Gasteiger partial charge in [0.05, 0.1) is 6.61 Å². The largest absolute Gasteiger partial charge is 0.508 e. The van der Waals surface area contributed by atoms with Crippen LogP contribution in [-0.2, 0) is 11.3 Å². The number of halogens is 1. The lowest BCUT2D eigenvalue weighted by Crippen LogP contribution is -2.13. The number of ether oxygens (including phenoxy) is 1. The average Bonchev–Trinajstić information content (AvgIpc) is 2.70. The molecule has 6 heteroatoms. The summed E-state index contributed by atoms with van der Waals surface area (Å²) in [4.78, 5) is 14.1. The fraction of sp³-hybridized carbons (Fsp3) is 0.400. The summed E-state index contributed by atoms with van der Waals surface area (Å²) >= 11 is 6.05. The normalized spacial score (nSPS) is 11.3. The van der Waals surface area contributed by atoms with Crippen molar-refractivity contribution in [2.24, 2.45) is 0 Å². The Bertz CT molecular complexity index is 691. The predicted octanol–water partition coefficient (Wildman–Crippen LogP) is 3.34. The number of carbonyl (C=O) groups excluding carboxylic acids is 1. The lowest BCUT2D eigenvalue weighted by atomic mass is 10.00. The quantitative estimate of drug-likeness (QED) is 0.877. The highest BCUT2D eigenvalue weighted by molar-refractivity contribution is 6.34. The fourth-order valence-corrected chi connectivity index (χ4v) is 2.55. The minimum absolute atomic E-state index is 0.0199. The monoisotopic (exact) mass is 311 g/mol. The van der Waals surface area contributed by atoms with Gasteiger partial charge in [0.25, 0.3) is 0 Å². The molecule has 0 atom stereocenters. The lowest BCUT2D eigenvalue weighted by molar-refractivity contribution is 0.0527. The Hall–Kier alpha value is -1.72. The van der Waals surface area contributed by atoms with Crippen LogP contribution in [0, 0.1) is 6.92 Å². The molecule has 0 saturated carbocycles. The molecule has 1 N–H and O–H groups in total. The van der Waals surface area contributed by atoms with Crippen LogP contribution in [-0.4, -0.2) is 36.7 Å². The second-order valence-corrected chi connectivity index (χ2v) is 5.42. The van der Waals surface area contributed by atoms with E-state index in [0.29, 0.717) is 23.1 Å². The number of aromatic hydroxyl groups is 1. The molecule has 0 saturated heterocycles. The molecule has 0 bridgehead atoms. The van der Waals surface area contributed by atoms with Crippen molar-refractivity contribution in [3.63, 3.8) is 0 Å². The van der Waals surface area contributed by atoms with Crippen molar-refractivity contribution in [3.05, 3.63) is 28.0 Å². The number of esters is 1. The van der Waals surface area contributed by atoms with Crippen LogP contribution in [0.1, 0.15) is 28.4 Å². The average molecular weight is 312 g/mol. The van der Waals surface area contributed by atoms with Crippen molar-refractivity contribution in [1.29, 1.82) is 0 Å². The highest BCUT2D eigenvalue weighted by Gasteiger charge is 2.25. The van der Waals surface area contributed by atoms with Crippen molar-refractivity contribution in [2.45, 2.75) is 20.4 Å². The van der Waals surface area contributed by atoms with Crippen LogP contribution in [0.3, 0.4) is 0 Å². The van der Waals surface area contributed by atoms with E-state index in [1.807, 2.05) is 19.0 Å². The Morgan fingerprint density at radius 2 is 2.14 bits per heavy atom. The number of furan rings is 1. The maximum atomic E-state index is 12.1. The highest BCUT2D eigenvalue weighted by atomic mass is 35.5. The van der Waals surface area contributed by atoms with E-state index in [1.54, 1.807) is 13.8 Å². The van der Waals surface area contributed by atoms with Crippen molar-refractivity contribution >= 4 is 28.5 Å². The first-order valence-electron chi connectivity index (χ1n) is 6.62. The molecule has 21 heavy (non-hydrogen) atoms.